The van der Waals surface area contributed by atoms with Crippen LogP contribution in [0, 0.1) is 11.8 Å². The summed E-state index contributed by atoms with van der Waals surface area (Å²) in [5, 5.41) is 0.601. The minimum Gasteiger partial charge on any atom is -0.330 e. The molecule has 0 radical (unpaired) electrons. The van der Waals surface area contributed by atoms with E-state index < -0.39 is 0 Å². The lowest BCUT2D eigenvalue weighted by Crippen LogP contribution is -2.20. The van der Waals surface area contributed by atoms with Crippen LogP contribution in [-0.2, 0) is 0 Å². The third-order valence-electron chi connectivity index (χ3n) is 2.76. The maximum Gasteiger partial charge on any atom is 0.163 e. The van der Waals surface area contributed by atoms with Crippen molar-refractivity contribution in [1.29, 1.82) is 0 Å². The second-order valence-electron chi connectivity index (χ2n) is 4.87. The maximum atomic E-state index is 12.0. The second-order valence-corrected chi connectivity index (χ2v) is 5.31. The largest absolute Gasteiger partial charge is 0.330 e. The molecule has 1 rings (SSSR count). The summed E-state index contributed by atoms with van der Waals surface area (Å²) in [5.74, 6) is 0.959. The Morgan fingerprint density at radius 1 is 1.41 bits per heavy atom. The monoisotopic (exact) mass is 253 g/mol. The van der Waals surface area contributed by atoms with Crippen LogP contribution in [0.15, 0.2) is 24.3 Å². The average Bonchev–Trinajstić information content (AvgIpc) is 2.27. The van der Waals surface area contributed by atoms with Gasteiger partial charge >= 0.3 is 0 Å². The molecule has 0 saturated heterocycles. The maximum absolute atomic E-state index is 12.0. The Balaban J connectivity index is 2.64. The van der Waals surface area contributed by atoms with E-state index in [1.807, 2.05) is 0 Å². The smallest absolute Gasteiger partial charge is 0.163 e. The number of Topliss-reactive ketones (excluding diaryl/α,β-unsaturated/α-hetero) is 1. The minimum atomic E-state index is 0.128. The van der Waals surface area contributed by atoms with Gasteiger partial charge in [0.25, 0.3) is 0 Å². The highest BCUT2D eigenvalue weighted by Crippen LogP contribution is 2.19. The molecule has 1 unspecified atom stereocenters. The van der Waals surface area contributed by atoms with Crippen LogP contribution >= 0.6 is 11.6 Å². The molecule has 1 atom stereocenters. The van der Waals surface area contributed by atoms with Crippen molar-refractivity contribution in [3.05, 3.63) is 34.9 Å². The van der Waals surface area contributed by atoms with Gasteiger partial charge in [0.05, 0.1) is 0 Å². The fourth-order valence-electron chi connectivity index (χ4n) is 1.97. The molecule has 2 nitrogen and oxygen atoms in total. The molecule has 2 N–H and O–H groups in total. The third kappa shape index (κ3) is 4.88. The first kappa shape index (κ1) is 14.2. The summed E-state index contributed by atoms with van der Waals surface area (Å²) in [6.07, 6.45) is 1.50. The Bertz CT molecular complexity index is 376. The molecule has 0 saturated carbocycles. The van der Waals surface area contributed by atoms with Crippen molar-refractivity contribution in [2.45, 2.75) is 26.7 Å². The lowest BCUT2D eigenvalue weighted by molar-refractivity contribution is 0.0957. The van der Waals surface area contributed by atoms with Crippen molar-refractivity contribution in [1.82, 2.24) is 0 Å². The lowest BCUT2D eigenvalue weighted by atomic mass is 9.91. The molecular weight excluding hydrogens is 234 g/mol. The van der Waals surface area contributed by atoms with E-state index in [1.54, 1.807) is 24.3 Å². The van der Waals surface area contributed by atoms with Gasteiger partial charge in [0.2, 0.25) is 0 Å². The highest BCUT2D eigenvalue weighted by molar-refractivity contribution is 6.31. The molecule has 3 heteroatoms. The summed E-state index contributed by atoms with van der Waals surface area (Å²) in [7, 11) is 0. The van der Waals surface area contributed by atoms with E-state index in [0.29, 0.717) is 29.5 Å². The van der Waals surface area contributed by atoms with E-state index in [2.05, 4.69) is 13.8 Å². The van der Waals surface area contributed by atoms with Crippen LogP contribution in [0.2, 0.25) is 5.02 Å². The van der Waals surface area contributed by atoms with Crippen molar-refractivity contribution >= 4 is 17.4 Å². The molecule has 1 aromatic carbocycles. The summed E-state index contributed by atoms with van der Waals surface area (Å²) >= 11 is 5.87. The number of carbonyl (C=O) groups excluding carboxylic acids is 1. The van der Waals surface area contributed by atoms with Gasteiger partial charge in [-0.25, -0.2) is 0 Å². The van der Waals surface area contributed by atoms with Crippen LogP contribution in [0.3, 0.4) is 0 Å². The van der Waals surface area contributed by atoms with Crippen LogP contribution in [0.25, 0.3) is 0 Å². The average molecular weight is 254 g/mol. The first-order valence-electron chi connectivity index (χ1n) is 6.01. The predicted molar refractivity (Wildman–Crippen MR) is 72.4 cm³/mol. The van der Waals surface area contributed by atoms with Gasteiger partial charge in [0, 0.05) is 17.0 Å². The van der Waals surface area contributed by atoms with Gasteiger partial charge in [-0.05, 0) is 36.9 Å². The highest BCUT2D eigenvalue weighted by atomic mass is 35.5. The summed E-state index contributed by atoms with van der Waals surface area (Å²) in [6.45, 7) is 4.85. The van der Waals surface area contributed by atoms with E-state index in [4.69, 9.17) is 17.3 Å². The van der Waals surface area contributed by atoms with E-state index >= 15 is 0 Å². The minimum absolute atomic E-state index is 0.128. The van der Waals surface area contributed by atoms with E-state index in [1.165, 1.54) is 0 Å². The molecule has 0 aromatic heterocycles. The summed E-state index contributed by atoms with van der Waals surface area (Å²) < 4.78 is 0. The standard InChI is InChI=1S/C14H20ClNO/c1-10(2)6-11(9-16)7-14(17)12-4-3-5-13(15)8-12/h3-5,8,10-11H,6-7,9,16H2,1-2H3. The molecule has 17 heavy (non-hydrogen) atoms. The Labute approximate surface area is 108 Å². The third-order valence-corrected chi connectivity index (χ3v) is 2.99. The molecule has 0 aliphatic carbocycles. The van der Waals surface area contributed by atoms with Gasteiger partial charge < -0.3 is 5.73 Å². The number of hydrogen-bond acceptors (Lipinski definition) is 2. The number of nitrogens with two attached hydrogens (primary N) is 1. The number of benzene rings is 1. The summed E-state index contributed by atoms with van der Waals surface area (Å²) in [6, 6.07) is 7.09. The zero-order valence-corrected chi connectivity index (χ0v) is 11.2. The predicted octanol–water partition coefficient (Wildman–Crippen LogP) is 3.53. The molecule has 0 spiro atoms. The number of hydrogen-bond donors (Lipinski definition) is 1. The number of ketones is 1. The van der Waals surface area contributed by atoms with Gasteiger partial charge in [0.15, 0.2) is 5.78 Å². The van der Waals surface area contributed by atoms with Crippen molar-refractivity contribution in [2.24, 2.45) is 17.6 Å². The SMILES string of the molecule is CC(C)CC(CN)CC(=O)c1cccc(Cl)c1. The number of carbonyl (C=O) groups is 1. The van der Waals surface area contributed by atoms with Gasteiger partial charge in [-0.3, -0.25) is 4.79 Å². The summed E-state index contributed by atoms with van der Waals surface area (Å²) in [5.41, 5.74) is 6.38. The van der Waals surface area contributed by atoms with Gasteiger partial charge in [0.1, 0.15) is 0 Å². The van der Waals surface area contributed by atoms with E-state index in [9.17, 15) is 4.79 Å². The molecule has 1 aromatic rings. The quantitative estimate of drug-likeness (QED) is 0.788. The van der Waals surface area contributed by atoms with E-state index in [-0.39, 0.29) is 11.7 Å². The molecule has 0 fully saturated rings. The van der Waals surface area contributed by atoms with Gasteiger partial charge in [-0.15, -0.1) is 0 Å². The molecular formula is C14H20ClNO. The molecule has 0 aliphatic heterocycles. The van der Waals surface area contributed by atoms with E-state index in [0.717, 1.165) is 6.42 Å². The number of halogens is 1. The topological polar surface area (TPSA) is 43.1 Å². The lowest BCUT2D eigenvalue weighted by Gasteiger charge is -2.16. The molecule has 0 heterocycles. The fraction of sp³-hybridized carbons (Fsp3) is 0.500. The Kier molecular flexibility index (Phi) is 5.66. The Hall–Kier alpha value is -0.860. The number of rotatable bonds is 6. The first-order chi connectivity index (χ1) is 8.02. The van der Waals surface area contributed by atoms with Crippen molar-refractivity contribution in [2.75, 3.05) is 6.54 Å². The Morgan fingerprint density at radius 2 is 2.12 bits per heavy atom. The molecule has 0 aliphatic rings. The van der Waals surface area contributed by atoms with Crippen molar-refractivity contribution in [3.8, 4) is 0 Å². The van der Waals surface area contributed by atoms with Gasteiger partial charge in [-0.1, -0.05) is 37.6 Å². The van der Waals surface area contributed by atoms with Crippen LogP contribution in [0.4, 0.5) is 0 Å². The normalized spacial score (nSPS) is 12.8. The van der Waals surface area contributed by atoms with Crippen molar-refractivity contribution < 1.29 is 4.79 Å². The van der Waals surface area contributed by atoms with Crippen molar-refractivity contribution in [3.63, 3.8) is 0 Å². The fourth-order valence-corrected chi connectivity index (χ4v) is 2.16. The zero-order valence-electron chi connectivity index (χ0n) is 10.4. The molecule has 94 valence electrons. The Morgan fingerprint density at radius 3 is 2.65 bits per heavy atom. The van der Waals surface area contributed by atoms with Crippen LogP contribution in [-0.4, -0.2) is 12.3 Å². The van der Waals surface area contributed by atoms with Crippen LogP contribution in [0.1, 0.15) is 37.0 Å². The zero-order chi connectivity index (χ0) is 12.8. The van der Waals surface area contributed by atoms with Gasteiger partial charge in [-0.2, -0.15) is 0 Å². The first-order valence-corrected chi connectivity index (χ1v) is 6.39. The highest BCUT2D eigenvalue weighted by Gasteiger charge is 2.15. The second kappa shape index (κ2) is 6.77. The summed E-state index contributed by atoms with van der Waals surface area (Å²) in [4.78, 5) is 12.0. The van der Waals surface area contributed by atoms with Crippen LogP contribution in [0.5, 0.6) is 0 Å². The molecule has 0 bridgehead atoms. The molecule has 0 amide bonds. The van der Waals surface area contributed by atoms with Crippen LogP contribution < -0.4 is 5.73 Å².